The van der Waals surface area contributed by atoms with E-state index in [4.69, 9.17) is 14.6 Å². The lowest BCUT2D eigenvalue weighted by Crippen LogP contribution is -2.43. The van der Waals surface area contributed by atoms with Gasteiger partial charge >= 0.3 is 12.1 Å². The molecular formula is C31H30BrF5N6O6. The van der Waals surface area contributed by atoms with Crippen LogP contribution in [-0.2, 0) is 11.3 Å². The number of aliphatic hydroxyl groups is 1. The van der Waals surface area contributed by atoms with Gasteiger partial charge in [-0.05, 0) is 78.7 Å². The number of piperidine rings is 1. The number of nitrogens with one attached hydrogen (secondary N) is 3. The number of imidazole rings is 1. The van der Waals surface area contributed by atoms with E-state index in [0.717, 1.165) is 43.6 Å². The molecule has 12 nitrogen and oxygen atoms in total. The van der Waals surface area contributed by atoms with Crippen LogP contribution in [0.2, 0.25) is 0 Å². The maximum atomic E-state index is 13.6. The van der Waals surface area contributed by atoms with Gasteiger partial charge in [-0.1, -0.05) is 0 Å². The Balaban J connectivity index is 0.000000606. The number of carbonyl (C=O) groups excluding carboxylic acids is 1. The number of aromatic amines is 2. The zero-order valence-electron chi connectivity index (χ0n) is 25.7. The van der Waals surface area contributed by atoms with Crippen molar-refractivity contribution in [2.75, 3.05) is 38.6 Å². The van der Waals surface area contributed by atoms with E-state index in [0.29, 0.717) is 34.7 Å². The number of aromatic nitrogens is 3. The Hall–Kier alpha value is -4.55. The largest absolute Gasteiger partial charge is 0.490 e. The number of amides is 1. The summed E-state index contributed by atoms with van der Waals surface area (Å²) in [6, 6.07) is 7.41. The fourth-order valence-electron chi connectivity index (χ4n) is 5.51. The number of carboxylic acid groups (broad SMARTS) is 1. The molecule has 5 N–H and O–H groups in total. The molecule has 2 aromatic heterocycles. The molecule has 1 saturated heterocycles. The van der Waals surface area contributed by atoms with Gasteiger partial charge in [0.05, 0.1) is 21.2 Å². The van der Waals surface area contributed by atoms with Crippen LogP contribution in [0.15, 0.2) is 45.8 Å². The molecule has 1 amide bonds. The number of hydrogen-bond donors (Lipinski definition) is 5. The Morgan fingerprint density at radius 2 is 1.84 bits per heavy atom. The average Bonchev–Trinajstić information content (AvgIpc) is 3.59. The highest BCUT2D eigenvalue weighted by Crippen LogP contribution is 2.33. The Bertz CT molecular complexity index is 1930. The van der Waals surface area contributed by atoms with Crippen molar-refractivity contribution in [3.05, 3.63) is 74.1 Å². The van der Waals surface area contributed by atoms with Gasteiger partial charge in [0.15, 0.2) is 11.6 Å². The smallest absolute Gasteiger partial charge is 0.490 e. The molecule has 4 heterocycles. The number of carboxylic acids is 1. The van der Waals surface area contributed by atoms with Crippen molar-refractivity contribution in [2.45, 2.75) is 37.7 Å². The van der Waals surface area contributed by atoms with Gasteiger partial charge in [0.2, 0.25) is 0 Å². The number of fused-ring (bicyclic) bond motifs is 2. The van der Waals surface area contributed by atoms with Crippen LogP contribution in [0.4, 0.5) is 27.6 Å². The van der Waals surface area contributed by atoms with Gasteiger partial charge in [-0.2, -0.15) is 13.2 Å². The van der Waals surface area contributed by atoms with Gasteiger partial charge in [-0.15, -0.1) is 0 Å². The molecule has 4 aromatic rings. The molecule has 2 aromatic carbocycles. The number of aliphatic carboxylic acids is 1. The second-order valence-electron chi connectivity index (χ2n) is 11.5. The maximum absolute atomic E-state index is 13.6. The van der Waals surface area contributed by atoms with Crippen molar-refractivity contribution >= 4 is 44.5 Å². The third-order valence-corrected chi connectivity index (χ3v) is 8.66. The highest BCUT2D eigenvalue weighted by molar-refractivity contribution is 9.10. The van der Waals surface area contributed by atoms with E-state index in [1.165, 1.54) is 6.20 Å². The Kier molecular flexibility index (Phi) is 10.6. The zero-order chi connectivity index (χ0) is 35.6. The minimum Gasteiger partial charge on any atom is -0.490 e. The number of ether oxygens (including phenoxy) is 1. The first-order valence-corrected chi connectivity index (χ1v) is 15.6. The number of anilines is 1. The quantitative estimate of drug-likeness (QED) is 0.129. The number of H-pyrrole nitrogens is 2. The Morgan fingerprint density at radius 3 is 2.51 bits per heavy atom. The van der Waals surface area contributed by atoms with E-state index in [-0.39, 0.29) is 40.9 Å². The normalized spacial score (nSPS) is 15.9. The number of benzene rings is 2. The second-order valence-corrected chi connectivity index (χ2v) is 12.4. The highest BCUT2D eigenvalue weighted by atomic mass is 79.9. The summed E-state index contributed by atoms with van der Waals surface area (Å²) in [5, 5.41) is 20.6. The Morgan fingerprint density at radius 1 is 1.16 bits per heavy atom. The number of pyridine rings is 1. The van der Waals surface area contributed by atoms with Crippen LogP contribution in [0.1, 0.15) is 28.8 Å². The summed E-state index contributed by atoms with van der Waals surface area (Å²) in [5.41, 5.74) is 3.11. The fourth-order valence-corrected chi connectivity index (χ4v) is 5.94. The molecule has 18 heteroatoms. The van der Waals surface area contributed by atoms with Gasteiger partial charge in [-0.3, -0.25) is 9.59 Å². The van der Waals surface area contributed by atoms with E-state index in [9.17, 15) is 36.6 Å². The summed E-state index contributed by atoms with van der Waals surface area (Å²) < 4.78 is 64.3. The van der Waals surface area contributed by atoms with Crippen molar-refractivity contribution in [3.8, 4) is 17.1 Å². The van der Waals surface area contributed by atoms with Crippen LogP contribution in [-0.4, -0.2) is 98.5 Å². The van der Waals surface area contributed by atoms with Crippen LogP contribution < -0.4 is 15.6 Å². The summed E-state index contributed by atoms with van der Waals surface area (Å²) in [6.45, 7) is 2.26. The SMILES string of the molecule is CN1CCC(N2Cc3cc4[nH]c(-c5c(NC[C@@H](O)COc6cc(F)c(F)cc6Br)cc[nH]c5=O)nc4cc3C2=O)CC1.O=C(O)C(F)(F)F. The van der Waals surface area contributed by atoms with E-state index >= 15 is 0 Å². The fraction of sp³-hybridized carbons (Fsp3) is 0.355. The van der Waals surface area contributed by atoms with Crippen molar-refractivity contribution in [2.24, 2.45) is 0 Å². The number of aliphatic hydroxyl groups excluding tert-OH is 1. The summed E-state index contributed by atoms with van der Waals surface area (Å²) in [6.07, 6.45) is -2.75. The highest BCUT2D eigenvalue weighted by Gasteiger charge is 2.38. The summed E-state index contributed by atoms with van der Waals surface area (Å²) in [5.74, 6) is -4.47. The summed E-state index contributed by atoms with van der Waals surface area (Å²) in [4.78, 5) is 49.8. The zero-order valence-corrected chi connectivity index (χ0v) is 27.3. The van der Waals surface area contributed by atoms with Crippen molar-refractivity contribution in [1.82, 2.24) is 24.8 Å². The molecule has 2 aliphatic rings. The number of alkyl halides is 3. The van der Waals surface area contributed by atoms with E-state index in [1.807, 2.05) is 11.0 Å². The molecule has 0 saturated carbocycles. The number of halogens is 6. The first kappa shape index (κ1) is 35.7. The summed E-state index contributed by atoms with van der Waals surface area (Å²) in [7, 11) is 2.09. The first-order valence-electron chi connectivity index (χ1n) is 14.9. The standard InChI is InChI=1S/C29H29BrF2N6O4.C2HF3O2/c1-37-6-3-16(4-7-37)38-13-15-8-23-24(9-18(15)29(38)41)36-27(35-23)26-22(2-5-33-28(26)40)34-12-17(39)14-42-25-11-21(32)20(31)10-19(25)30;3-2(4,5)1(6)7/h2,5,8-11,16-17,39H,3-4,6-7,12-14H2,1H3,(H,35,36)(H2,33,34,40);(H,6,7)/t17-;/m1./s1. The molecule has 6 rings (SSSR count). The van der Waals surface area contributed by atoms with Gasteiger partial charge < -0.3 is 40.0 Å². The molecule has 0 unspecified atom stereocenters. The van der Waals surface area contributed by atoms with Crippen molar-refractivity contribution in [1.29, 1.82) is 0 Å². The molecule has 0 radical (unpaired) electrons. The number of nitrogens with zero attached hydrogens (tertiary/aromatic N) is 3. The maximum Gasteiger partial charge on any atom is 0.490 e. The number of carbonyl (C=O) groups is 2. The monoisotopic (exact) mass is 756 g/mol. The molecule has 0 spiro atoms. The number of rotatable bonds is 8. The lowest BCUT2D eigenvalue weighted by Gasteiger charge is -2.34. The van der Waals surface area contributed by atoms with E-state index in [1.54, 1.807) is 12.1 Å². The third kappa shape index (κ3) is 8.19. The topological polar surface area (TPSA) is 164 Å². The molecule has 49 heavy (non-hydrogen) atoms. The average molecular weight is 758 g/mol. The van der Waals surface area contributed by atoms with Crippen molar-refractivity contribution in [3.63, 3.8) is 0 Å². The van der Waals surface area contributed by atoms with Crippen LogP contribution in [0, 0.1) is 11.6 Å². The van der Waals surface area contributed by atoms with Crippen molar-refractivity contribution < 1.29 is 46.5 Å². The molecule has 2 aliphatic heterocycles. The van der Waals surface area contributed by atoms with Crippen LogP contribution >= 0.6 is 15.9 Å². The molecule has 1 atom stereocenters. The molecule has 262 valence electrons. The van der Waals surface area contributed by atoms with Crippen LogP contribution in [0.3, 0.4) is 0 Å². The van der Waals surface area contributed by atoms with Gasteiger partial charge in [0.1, 0.15) is 29.8 Å². The minimum absolute atomic E-state index is 0.00638. The predicted molar refractivity (Wildman–Crippen MR) is 170 cm³/mol. The summed E-state index contributed by atoms with van der Waals surface area (Å²) >= 11 is 3.11. The lowest BCUT2D eigenvalue weighted by atomic mass is 10.0. The molecule has 0 bridgehead atoms. The molecule has 0 aliphatic carbocycles. The van der Waals surface area contributed by atoms with Gasteiger partial charge in [0, 0.05) is 37.0 Å². The first-order chi connectivity index (χ1) is 23.1. The third-order valence-electron chi connectivity index (χ3n) is 8.04. The van der Waals surface area contributed by atoms with Gasteiger partial charge in [-0.25, -0.2) is 18.6 Å². The van der Waals surface area contributed by atoms with Gasteiger partial charge in [0.25, 0.3) is 11.5 Å². The second kappa shape index (κ2) is 14.5. The Labute approximate surface area is 283 Å². The molecular weight excluding hydrogens is 727 g/mol. The molecule has 1 fully saturated rings. The number of likely N-dealkylation sites (tertiary alicyclic amines) is 1. The van der Waals surface area contributed by atoms with E-state index in [2.05, 4.69) is 48.1 Å². The lowest BCUT2D eigenvalue weighted by molar-refractivity contribution is -0.192. The predicted octanol–water partition coefficient (Wildman–Crippen LogP) is 4.49. The number of hydrogen-bond acceptors (Lipinski definition) is 8. The van der Waals surface area contributed by atoms with Crippen LogP contribution in [0.25, 0.3) is 22.4 Å². The van der Waals surface area contributed by atoms with Crippen LogP contribution in [0.5, 0.6) is 5.75 Å². The minimum atomic E-state index is -5.08. The van der Waals surface area contributed by atoms with E-state index < -0.39 is 35.4 Å².